The van der Waals surface area contributed by atoms with E-state index >= 15 is 0 Å². The summed E-state index contributed by atoms with van der Waals surface area (Å²) in [5.41, 5.74) is 0. The molecule has 1 saturated carbocycles. The van der Waals surface area contributed by atoms with Crippen LogP contribution >= 0.6 is 0 Å². The van der Waals surface area contributed by atoms with Crippen molar-refractivity contribution in [2.45, 2.75) is 13.3 Å². The predicted molar refractivity (Wildman–Crippen MR) is 60.1 cm³/mol. The lowest BCUT2D eigenvalue weighted by Crippen LogP contribution is -2.35. The van der Waals surface area contributed by atoms with Crippen molar-refractivity contribution < 1.29 is 22.3 Å². The lowest BCUT2D eigenvalue weighted by atomic mass is 9.85. The number of amides is 2. The van der Waals surface area contributed by atoms with E-state index in [1.165, 1.54) is 6.92 Å². The summed E-state index contributed by atoms with van der Waals surface area (Å²) in [5.74, 6) is -2.06. The number of carbonyl (C=O) groups excluding carboxylic acids is 2. The number of fused-ring (bicyclic) bond motifs is 5. The van der Waals surface area contributed by atoms with Gasteiger partial charge in [0.2, 0.25) is 0 Å². The zero-order valence-electron chi connectivity index (χ0n) is 9.78. The molecular formula is C11H13NO5S. The smallest absolute Gasteiger partial charge is 0.272 e. The van der Waals surface area contributed by atoms with Crippen molar-refractivity contribution in [3.63, 3.8) is 0 Å². The SMILES string of the molecule is CCS(=O)(=O)ON1C(=O)C2C3C=CC(C3)C2C1=O. The predicted octanol–water partition coefficient (Wildman–Crippen LogP) is 0.0748. The highest BCUT2D eigenvalue weighted by molar-refractivity contribution is 7.86. The summed E-state index contributed by atoms with van der Waals surface area (Å²) in [6.07, 6.45) is 4.69. The van der Waals surface area contributed by atoms with Gasteiger partial charge in [0.15, 0.2) is 0 Å². The number of hydroxylamine groups is 2. The van der Waals surface area contributed by atoms with Gasteiger partial charge in [0.1, 0.15) is 0 Å². The van der Waals surface area contributed by atoms with Crippen molar-refractivity contribution in [1.29, 1.82) is 0 Å². The Kier molecular flexibility index (Phi) is 2.40. The average molecular weight is 271 g/mol. The first-order valence-corrected chi connectivity index (χ1v) is 7.51. The van der Waals surface area contributed by atoms with Crippen molar-refractivity contribution in [2.75, 3.05) is 5.75 Å². The van der Waals surface area contributed by atoms with Gasteiger partial charge in [0.05, 0.1) is 17.6 Å². The standard InChI is InChI=1S/C11H13NO5S/c1-2-18(15,16)17-12-10(13)8-6-3-4-7(5-6)9(8)11(12)14/h3-4,6-9H,2,5H2,1H3. The lowest BCUT2D eigenvalue weighted by Gasteiger charge is -2.15. The highest BCUT2D eigenvalue weighted by Crippen LogP contribution is 2.52. The van der Waals surface area contributed by atoms with Crippen LogP contribution in [0.5, 0.6) is 0 Å². The third-order valence-corrected chi connectivity index (χ3v) is 5.05. The fourth-order valence-electron chi connectivity index (χ4n) is 3.11. The summed E-state index contributed by atoms with van der Waals surface area (Å²) in [6, 6.07) is 0. The molecule has 0 aromatic carbocycles. The molecular weight excluding hydrogens is 258 g/mol. The molecule has 0 aromatic heterocycles. The van der Waals surface area contributed by atoms with Crippen LogP contribution in [0.2, 0.25) is 0 Å². The maximum absolute atomic E-state index is 12.1. The van der Waals surface area contributed by atoms with Crippen LogP contribution in [0, 0.1) is 23.7 Å². The third kappa shape index (κ3) is 1.47. The molecule has 0 radical (unpaired) electrons. The van der Waals surface area contributed by atoms with Crippen LogP contribution in [0.25, 0.3) is 0 Å². The quantitative estimate of drug-likeness (QED) is 0.536. The van der Waals surface area contributed by atoms with Crippen LogP contribution in [0.15, 0.2) is 12.2 Å². The van der Waals surface area contributed by atoms with Crippen LogP contribution in [0.1, 0.15) is 13.3 Å². The number of carbonyl (C=O) groups is 2. The molecule has 7 heteroatoms. The Morgan fingerprint density at radius 2 is 1.72 bits per heavy atom. The lowest BCUT2D eigenvalue weighted by molar-refractivity contribution is -0.166. The monoisotopic (exact) mass is 271 g/mol. The molecule has 0 N–H and O–H groups in total. The molecule has 2 aliphatic carbocycles. The molecule has 98 valence electrons. The molecule has 0 aromatic rings. The molecule has 3 rings (SSSR count). The molecule has 4 atom stereocenters. The van der Waals surface area contributed by atoms with Gasteiger partial charge in [-0.3, -0.25) is 9.59 Å². The van der Waals surface area contributed by atoms with E-state index < -0.39 is 33.8 Å². The highest BCUT2D eigenvalue weighted by atomic mass is 32.2. The van der Waals surface area contributed by atoms with Crippen LogP contribution in [-0.2, 0) is 24.0 Å². The second kappa shape index (κ2) is 3.64. The Morgan fingerprint density at radius 3 is 2.17 bits per heavy atom. The topological polar surface area (TPSA) is 80.8 Å². The van der Waals surface area contributed by atoms with Crippen molar-refractivity contribution in [1.82, 2.24) is 5.06 Å². The first-order valence-electron chi connectivity index (χ1n) is 5.93. The van der Waals surface area contributed by atoms with E-state index in [0.717, 1.165) is 6.42 Å². The van der Waals surface area contributed by atoms with Crippen molar-refractivity contribution in [2.24, 2.45) is 23.7 Å². The number of hydrogen-bond donors (Lipinski definition) is 0. The second-order valence-corrected chi connectivity index (χ2v) is 6.73. The summed E-state index contributed by atoms with van der Waals surface area (Å²) in [4.78, 5) is 24.1. The molecule has 1 aliphatic heterocycles. The van der Waals surface area contributed by atoms with Crippen LogP contribution in [0.4, 0.5) is 0 Å². The van der Waals surface area contributed by atoms with E-state index in [4.69, 9.17) is 0 Å². The normalized spacial score (nSPS) is 37.7. The van der Waals surface area contributed by atoms with E-state index in [-0.39, 0.29) is 17.6 Å². The summed E-state index contributed by atoms with van der Waals surface area (Å²) in [6.45, 7) is 1.40. The second-order valence-electron chi connectivity index (χ2n) is 4.89. The van der Waals surface area contributed by atoms with Gasteiger partial charge >= 0.3 is 0 Å². The molecule has 3 aliphatic rings. The molecule has 0 spiro atoms. The van der Waals surface area contributed by atoms with E-state index in [9.17, 15) is 18.0 Å². The third-order valence-electron chi connectivity index (χ3n) is 3.97. The van der Waals surface area contributed by atoms with Crippen LogP contribution in [-0.4, -0.2) is 31.0 Å². The Bertz CT molecular complexity index is 522. The number of allylic oxidation sites excluding steroid dienone is 2. The molecule has 1 heterocycles. The number of imide groups is 1. The van der Waals surface area contributed by atoms with E-state index in [1.807, 2.05) is 12.2 Å². The Labute approximate surface area is 105 Å². The Morgan fingerprint density at radius 1 is 1.22 bits per heavy atom. The number of nitrogens with zero attached hydrogens (tertiary/aromatic N) is 1. The van der Waals surface area contributed by atoms with Crippen LogP contribution in [0.3, 0.4) is 0 Å². The fourth-order valence-corrected chi connectivity index (χ4v) is 3.59. The fraction of sp³-hybridized carbons (Fsp3) is 0.636. The van der Waals surface area contributed by atoms with Gasteiger partial charge in [-0.05, 0) is 25.2 Å². The van der Waals surface area contributed by atoms with Gasteiger partial charge in [-0.15, -0.1) is 9.35 Å². The Hall–Kier alpha value is -1.21. The molecule has 2 amide bonds. The van der Waals surface area contributed by atoms with E-state index in [2.05, 4.69) is 4.28 Å². The average Bonchev–Trinajstić information content (AvgIpc) is 2.99. The van der Waals surface area contributed by atoms with E-state index in [1.54, 1.807) is 0 Å². The minimum atomic E-state index is -3.85. The zero-order valence-corrected chi connectivity index (χ0v) is 10.6. The summed E-state index contributed by atoms with van der Waals surface area (Å²) >= 11 is 0. The Balaban J connectivity index is 1.89. The molecule has 6 nitrogen and oxygen atoms in total. The highest BCUT2D eigenvalue weighted by Gasteiger charge is 2.60. The van der Waals surface area contributed by atoms with Gasteiger partial charge in [-0.25, -0.2) is 0 Å². The maximum Gasteiger partial charge on any atom is 0.288 e. The van der Waals surface area contributed by atoms with Gasteiger partial charge in [0.25, 0.3) is 21.9 Å². The maximum atomic E-state index is 12.1. The molecule has 2 bridgehead atoms. The number of hydrogen-bond acceptors (Lipinski definition) is 5. The summed E-state index contributed by atoms with van der Waals surface area (Å²) < 4.78 is 27.3. The van der Waals surface area contributed by atoms with Crippen molar-refractivity contribution in [3.8, 4) is 0 Å². The van der Waals surface area contributed by atoms with E-state index in [0.29, 0.717) is 5.06 Å². The first-order chi connectivity index (χ1) is 8.44. The molecule has 1 saturated heterocycles. The molecule has 4 unspecified atom stereocenters. The van der Waals surface area contributed by atoms with Crippen molar-refractivity contribution >= 4 is 21.9 Å². The minimum absolute atomic E-state index is 0.0504. The minimum Gasteiger partial charge on any atom is -0.272 e. The van der Waals surface area contributed by atoms with Gasteiger partial charge in [-0.1, -0.05) is 12.2 Å². The molecule has 2 fully saturated rings. The summed E-state index contributed by atoms with van der Waals surface area (Å²) in [7, 11) is -3.85. The largest absolute Gasteiger partial charge is 0.288 e. The number of rotatable bonds is 3. The first kappa shape index (κ1) is 11.9. The van der Waals surface area contributed by atoms with Gasteiger partial charge < -0.3 is 0 Å². The van der Waals surface area contributed by atoms with Gasteiger partial charge in [-0.2, -0.15) is 8.42 Å². The zero-order chi connectivity index (χ0) is 13.1. The summed E-state index contributed by atoms with van der Waals surface area (Å²) in [5, 5.41) is 0.459. The van der Waals surface area contributed by atoms with Gasteiger partial charge in [0, 0.05) is 0 Å². The van der Waals surface area contributed by atoms with Crippen LogP contribution < -0.4 is 0 Å². The van der Waals surface area contributed by atoms with Crippen molar-refractivity contribution in [3.05, 3.63) is 12.2 Å². The molecule has 18 heavy (non-hydrogen) atoms.